The molecule has 1 unspecified atom stereocenters. The zero-order valence-electron chi connectivity index (χ0n) is 11.9. The van der Waals surface area contributed by atoms with Crippen molar-refractivity contribution in [1.29, 1.82) is 0 Å². The van der Waals surface area contributed by atoms with Crippen molar-refractivity contribution in [1.82, 2.24) is 9.80 Å². The average Bonchev–Trinajstić information content (AvgIpc) is 2.75. The molecule has 0 spiro atoms. The van der Waals surface area contributed by atoms with Gasteiger partial charge in [0.2, 0.25) is 0 Å². The molecule has 2 rings (SSSR count). The molecule has 19 heavy (non-hydrogen) atoms. The monoisotopic (exact) mass is 265 g/mol. The summed E-state index contributed by atoms with van der Waals surface area (Å²) in [6.45, 7) is 5.41. The summed E-state index contributed by atoms with van der Waals surface area (Å²) >= 11 is 0. The lowest BCUT2D eigenvalue weighted by atomic mass is 10.1. The van der Waals surface area contributed by atoms with Gasteiger partial charge in [-0.25, -0.2) is 4.39 Å². The van der Waals surface area contributed by atoms with Gasteiger partial charge in [-0.05, 0) is 51.2 Å². The molecule has 1 aromatic carbocycles. The van der Waals surface area contributed by atoms with E-state index in [0.717, 1.165) is 31.2 Å². The van der Waals surface area contributed by atoms with E-state index in [1.807, 2.05) is 6.07 Å². The molecule has 0 radical (unpaired) electrons. The molecular formula is C15H24FN3. The Morgan fingerprint density at radius 2 is 2.32 bits per heavy atom. The van der Waals surface area contributed by atoms with E-state index < -0.39 is 0 Å². The van der Waals surface area contributed by atoms with Crippen LogP contribution in [0.5, 0.6) is 0 Å². The van der Waals surface area contributed by atoms with Crippen molar-refractivity contribution in [2.24, 2.45) is 5.92 Å². The zero-order chi connectivity index (χ0) is 13.7. The summed E-state index contributed by atoms with van der Waals surface area (Å²) < 4.78 is 13.0. The number of benzene rings is 1. The van der Waals surface area contributed by atoms with Crippen LogP contribution in [0.1, 0.15) is 6.42 Å². The Morgan fingerprint density at radius 1 is 1.47 bits per heavy atom. The fourth-order valence-electron chi connectivity index (χ4n) is 2.70. The molecule has 3 nitrogen and oxygen atoms in total. The van der Waals surface area contributed by atoms with Crippen LogP contribution in [0, 0.1) is 11.7 Å². The Balaban J connectivity index is 1.65. The van der Waals surface area contributed by atoms with Gasteiger partial charge in [0.1, 0.15) is 5.82 Å². The first kappa shape index (κ1) is 14.3. The Morgan fingerprint density at radius 3 is 3.00 bits per heavy atom. The first-order valence-electron chi connectivity index (χ1n) is 7.00. The van der Waals surface area contributed by atoms with Crippen LogP contribution in [0.15, 0.2) is 24.3 Å². The van der Waals surface area contributed by atoms with Crippen molar-refractivity contribution in [3.63, 3.8) is 0 Å². The summed E-state index contributed by atoms with van der Waals surface area (Å²) in [6.07, 6.45) is 1.30. The summed E-state index contributed by atoms with van der Waals surface area (Å²) in [5, 5.41) is 3.26. The third-order valence-corrected chi connectivity index (χ3v) is 3.71. The van der Waals surface area contributed by atoms with Crippen LogP contribution < -0.4 is 5.32 Å². The van der Waals surface area contributed by atoms with Crippen LogP contribution in [0.2, 0.25) is 0 Å². The van der Waals surface area contributed by atoms with E-state index in [1.54, 1.807) is 6.07 Å². The smallest absolute Gasteiger partial charge is 0.125 e. The minimum atomic E-state index is -0.188. The van der Waals surface area contributed by atoms with Gasteiger partial charge >= 0.3 is 0 Å². The number of halogens is 1. The molecule has 0 aromatic heterocycles. The predicted molar refractivity (Wildman–Crippen MR) is 78.0 cm³/mol. The highest BCUT2D eigenvalue weighted by Gasteiger charge is 2.20. The minimum absolute atomic E-state index is 0.188. The molecule has 106 valence electrons. The third kappa shape index (κ3) is 4.80. The van der Waals surface area contributed by atoms with Gasteiger partial charge in [-0.2, -0.15) is 0 Å². The molecule has 0 aliphatic carbocycles. The molecule has 4 heteroatoms. The second-order valence-electron chi connectivity index (χ2n) is 5.62. The minimum Gasteiger partial charge on any atom is -0.384 e. The average molecular weight is 265 g/mol. The van der Waals surface area contributed by atoms with Crippen molar-refractivity contribution < 1.29 is 4.39 Å². The van der Waals surface area contributed by atoms with Crippen molar-refractivity contribution in [2.45, 2.75) is 6.42 Å². The van der Waals surface area contributed by atoms with Gasteiger partial charge in [-0.15, -0.1) is 0 Å². The lowest BCUT2D eigenvalue weighted by Gasteiger charge is -2.21. The molecule has 1 N–H and O–H groups in total. The fraction of sp³-hybridized carbons (Fsp3) is 0.600. The summed E-state index contributed by atoms with van der Waals surface area (Å²) in [7, 11) is 4.34. The summed E-state index contributed by atoms with van der Waals surface area (Å²) in [5.74, 6) is 0.608. The topological polar surface area (TPSA) is 18.5 Å². The Bertz CT molecular complexity index is 397. The number of hydrogen-bond donors (Lipinski definition) is 1. The van der Waals surface area contributed by atoms with Crippen LogP contribution in [0.25, 0.3) is 0 Å². The highest BCUT2D eigenvalue weighted by Crippen LogP contribution is 2.15. The molecule has 0 amide bonds. The van der Waals surface area contributed by atoms with Crippen LogP contribution in [0.4, 0.5) is 10.1 Å². The number of likely N-dealkylation sites (N-methyl/N-ethyl adjacent to an activating group) is 1. The molecular weight excluding hydrogens is 241 g/mol. The Hall–Kier alpha value is -1.13. The first-order valence-corrected chi connectivity index (χ1v) is 7.00. The van der Waals surface area contributed by atoms with Gasteiger partial charge in [0.15, 0.2) is 0 Å². The van der Waals surface area contributed by atoms with Gasteiger partial charge in [0.25, 0.3) is 0 Å². The molecule has 0 saturated carbocycles. The SMILES string of the molecule is CN(CCNc1cccc(F)c1)CC1CCN(C)C1. The van der Waals surface area contributed by atoms with Crippen LogP contribution in [0.3, 0.4) is 0 Å². The first-order chi connectivity index (χ1) is 9.13. The van der Waals surface area contributed by atoms with E-state index in [9.17, 15) is 4.39 Å². The molecule has 0 bridgehead atoms. The van der Waals surface area contributed by atoms with E-state index in [2.05, 4.69) is 29.2 Å². The lowest BCUT2D eigenvalue weighted by Crippen LogP contribution is -2.31. The number of hydrogen-bond acceptors (Lipinski definition) is 3. The van der Waals surface area contributed by atoms with Gasteiger partial charge < -0.3 is 15.1 Å². The molecule has 1 saturated heterocycles. The van der Waals surface area contributed by atoms with Crippen LogP contribution >= 0.6 is 0 Å². The van der Waals surface area contributed by atoms with Crippen molar-refractivity contribution in [3.05, 3.63) is 30.1 Å². The number of rotatable bonds is 6. The van der Waals surface area contributed by atoms with Crippen molar-refractivity contribution >= 4 is 5.69 Å². The maximum absolute atomic E-state index is 13.0. The summed E-state index contributed by atoms with van der Waals surface area (Å²) in [5.41, 5.74) is 0.856. The number of likely N-dealkylation sites (tertiary alicyclic amines) is 1. The zero-order valence-corrected chi connectivity index (χ0v) is 11.9. The Labute approximate surface area is 115 Å². The second kappa shape index (κ2) is 6.87. The van der Waals surface area contributed by atoms with Crippen LogP contribution in [-0.4, -0.2) is 56.6 Å². The van der Waals surface area contributed by atoms with Crippen molar-refractivity contribution in [2.75, 3.05) is 52.1 Å². The Kier molecular flexibility index (Phi) is 5.16. The third-order valence-electron chi connectivity index (χ3n) is 3.71. The van der Waals surface area contributed by atoms with Gasteiger partial charge in [0, 0.05) is 31.9 Å². The van der Waals surface area contributed by atoms with E-state index >= 15 is 0 Å². The highest BCUT2D eigenvalue weighted by atomic mass is 19.1. The van der Waals surface area contributed by atoms with E-state index in [4.69, 9.17) is 0 Å². The quantitative estimate of drug-likeness (QED) is 0.850. The van der Waals surface area contributed by atoms with E-state index in [-0.39, 0.29) is 5.82 Å². The normalized spacial score (nSPS) is 20.1. The number of nitrogens with one attached hydrogen (secondary N) is 1. The standard InChI is InChI=1S/C15H24FN3/c1-18-8-6-13(11-18)12-19(2)9-7-17-15-5-3-4-14(16)10-15/h3-5,10,13,17H,6-9,11-12H2,1-2H3. The maximum atomic E-state index is 13.0. The molecule has 1 atom stereocenters. The predicted octanol–water partition coefficient (Wildman–Crippen LogP) is 2.12. The highest BCUT2D eigenvalue weighted by molar-refractivity contribution is 5.42. The molecule has 1 aliphatic heterocycles. The van der Waals surface area contributed by atoms with Crippen molar-refractivity contribution in [3.8, 4) is 0 Å². The van der Waals surface area contributed by atoms with Gasteiger partial charge in [-0.1, -0.05) is 6.07 Å². The molecule has 1 aromatic rings. The molecule has 1 fully saturated rings. The van der Waals surface area contributed by atoms with E-state index in [0.29, 0.717) is 0 Å². The van der Waals surface area contributed by atoms with Gasteiger partial charge in [0.05, 0.1) is 0 Å². The summed E-state index contributed by atoms with van der Waals surface area (Å²) in [4.78, 5) is 4.75. The fourth-order valence-corrected chi connectivity index (χ4v) is 2.70. The largest absolute Gasteiger partial charge is 0.384 e. The lowest BCUT2D eigenvalue weighted by molar-refractivity contribution is 0.281. The number of nitrogens with zero attached hydrogens (tertiary/aromatic N) is 2. The molecule has 1 heterocycles. The molecule has 1 aliphatic rings. The van der Waals surface area contributed by atoms with Crippen LogP contribution in [-0.2, 0) is 0 Å². The summed E-state index contributed by atoms with van der Waals surface area (Å²) in [6, 6.07) is 6.63. The number of anilines is 1. The van der Waals surface area contributed by atoms with E-state index in [1.165, 1.54) is 31.6 Å². The van der Waals surface area contributed by atoms with Gasteiger partial charge in [-0.3, -0.25) is 0 Å². The second-order valence-corrected chi connectivity index (χ2v) is 5.62. The maximum Gasteiger partial charge on any atom is 0.125 e.